The zero-order valence-corrected chi connectivity index (χ0v) is 12.1. The van der Waals surface area contributed by atoms with Gasteiger partial charge in [0.25, 0.3) is 5.91 Å². The second kappa shape index (κ2) is 5.57. The van der Waals surface area contributed by atoms with E-state index in [-0.39, 0.29) is 17.4 Å². The highest BCUT2D eigenvalue weighted by Gasteiger charge is 2.23. The van der Waals surface area contributed by atoms with E-state index >= 15 is 0 Å². The van der Waals surface area contributed by atoms with Crippen LogP contribution < -0.4 is 5.32 Å². The third kappa shape index (κ3) is 3.60. The van der Waals surface area contributed by atoms with Crippen molar-refractivity contribution < 1.29 is 13.9 Å². The molecule has 0 aromatic carbocycles. The molecule has 0 fully saturated rings. The summed E-state index contributed by atoms with van der Waals surface area (Å²) in [5.41, 5.74) is 0.504. The average Bonchev–Trinajstić information content (AvgIpc) is 2.60. The van der Waals surface area contributed by atoms with Crippen molar-refractivity contribution in [2.24, 2.45) is 0 Å². The predicted molar refractivity (Wildman–Crippen MR) is 70.9 cm³/mol. The highest BCUT2D eigenvalue weighted by molar-refractivity contribution is 5.95. The van der Waals surface area contributed by atoms with Crippen LogP contribution in [0.5, 0.6) is 0 Å². The van der Waals surface area contributed by atoms with Gasteiger partial charge in [-0.2, -0.15) is 0 Å². The van der Waals surface area contributed by atoms with Crippen LogP contribution in [0.3, 0.4) is 0 Å². The molecule has 1 rings (SSSR count). The molecule has 0 aliphatic rings. The van der Waals surface area contributed by atoms with E-state index in [0.29, 0.717) is 17.9 Å². The standard InChI is InChI=1S/C14H23NO3/c1-9(8-17-6)15-13(16)11-7-12(14(3,4)5)18-10(11)2/h7,9H,8H2,1-6H3,(H,15,16). The van der Waals surface area contributed by atoms with Gasteiger partial charge in [0.05, 0.1) is 12.2 Å². The maximum absolute atomic E-state index is 12.1. The number of methoxy groups -OCH3 is 1. The first-order valence-electron chi connectivity index (χ1n) is 6.16. The van der Waals surface area contributed by atoms with Gasteiger partial charge in [0.15, 0.2) is 0 Å². The third-order valence-corrected chi connectivity index (χ3v) is 2.70. The first-order chi connectivity index (χ1) is 8.25. The largest absolute Gasteiger partial charge is 0.465 e. The quantitative estimate of drug-likeness (QED) is 0.897. The molecule has 4 heteroatoms. The molecular weight excluding hydrogens is 230 g/mol. The third-order valence-electron chi connectivity index (χ3n) is 2.70. The average molecular weight is 253 g/mol. The Bertz CT molecular complexity index is 415. The van der Waals surface area contributed by atoms with Crippen LogP contribution in [-0.2, 0) is 10.2 Å². The van der Waals surface area contributed by atoms with Crippen LogP contribution in [0.4, 0.5) is 0 Å². The van der Waals surface area contributed by atoms with Gasteiger partial charge in [-0.3, -0.25) is 4.79 Å². The van der Waals surface area contributed by atoms with E-state index in [2.05, 4.69) is 26.1 Å². The molecule has 102 valence electrons. The number of rotatable bonds is 4. The first-order valence-corrected chi connectivity index (χ1v) is 6.16. The number of carbonyl (C=O) groups is 1. The predicted octanol–water partition coefficient (Wildman–Crippen LogP) is 2.65. The van der Waals surface area contributed by atoms with Gasteiger partial charge in [0.2, 0.25) is 0 Å². The van der Waals surface area contributed by atoms with Crippen molar-refractivity contribution in [1.29, 1.82) is 0 Å². The number of nitrogens with one attached hydrogen (secondary N) is 1. The van der Waals surface area contributed by atoms with Crippen LogP contribution in [0.1, 0.15) is 49.6 Å². The lowest BCUT2D eigenvalue weighted by Crippen LogP contribution is -2.35. The molecule has 1 amide bonds. The minimum atomic E-state index is -0.115. The van der Waals surface area contributed by atoms with E-state index in [1.165, 1.54) is 0 Å². The van der Waals surface area contributed by atoms with Crippen molar-refractivity contribution in [2.75, 3.05) is 13.7 Å². The van der Waals surface area contributed by atoms with Gasteiger partial charge in [-0.05, 0) is 19.9 Å². The first kappa shape index (κ1) is 14.8. The Morgan fingerprint density at radius 1 is 1.50 bits per heavy atom. The number of carbonyl (C=O) groups excluding carboxylic acids is 1. The molecule has 0 bridgehead atoms. The summed E-state index contributed by atoms with van der Waals surface area (Å²) in [7, 11) is 1.61. The molecule has 0 aliphatic heterocycles. The maximum Gasteiger partial charge on any atom is 0.255 e. The molecule has 1 N–H and O–H groups in total. The van der Waals surface area contributed by atoms with Crippen molar-refractivity contribution >= 4 is 5.91 Å². The van der Waals surface area contributed by atoms with Gasteiger partial charge in [-0.25, -0.2) is 0 Å². The van der Waals surface area contributed by atoms with E-state index in [0.717, 1.165) is 5.76 Å². The fourth-order valence-corrected chi connectivity index (χ4v) is 1.67. The molecule has 1 aromatic heterocycles. The number of hydrogen-bond donors (Lipinski definition) is 1. The zero-order valence-electron chi connectivity index (χ0n) is 12.1. The summed E-state index contributed by atoms with van der Waals surface area (Å²) in [6, 6.07) is 1.80. The Morgan fingerprint density at radius 2 is 2.11 bits per heavy atom. The topological polar surface area (TPSA) is 51.5 Å². The van der Waals surface area contributed by atoms with Crippen molar-refractivity contribution in [1.82, 2.24) is 5.32 Å². The summed E-state index contributed by atoms with van der Waals surface area (Å²) in [5, 5.41) is 2.88. The van der Waals surface area contributed by atoms with Crippen molar-refractivity contribution in [3.63, 3.8) is 0 Å². The molecule has 4 nitrogen and oxygen atoms in total. The van der Waals surface area contributed by atoms with Crippen molar-refractivity contribution in [3.8, 4) is 0 Å². The van der Waals surface area contributed by atoms with E-state index in [1.807, 2.05) is 19.9 Å². The van der Waals surface area contributed by atoms with Crippen molar-refractivity contribution in [3.05, 3.63) is 23.2 Å². The van der Waals surface area contributed by atoms with Crippen molar-refractivity contribution in [2.45, 2.75) is 46.1 Å². The molecule has 0 saturated carbocycles. The van der Waals surface area contributed by atoms with Gasteiger partial charge >= 0.3 is 0 Å². The van der Waals surface area contributed by atoms with E-state index in [9.17, 15) is 4.79 Å². The molecule has 18 heavy (non-hydrogen) atoms. The second-order valence-corrected chi connectivity index (χ2v) is 5.66. The number of ether oxygens (including phenoxy) is 1. The maximum atomic E-state index is 12.1. The number of furan rings is 1. The summed E-state index contributed by atoms with van der Waals surface area (Å²) in [4.78, 5) is 12.1. The molecule has 1 aromatic rings. The summed E-state index contributed by atoms with van der Waals surface area (Å²) in [6.07, 6.45) is 0. The van der Waals surface area contributed by atoms with Crippen LogP contribution in [0.15, 0.2) is 10.5 Å². The van der Waals surface area contributed by atoms with Crippen LogP contribution >= 0.6 is 0 Å². The van der Waals surface area contributed by atoms with Gasteiger partial charge in [0, 0.05) is 18.6 Å². The fraction of sp³-hybridized carbons (Fsp3) is 0.643. The van der Waals surface area contributed by atoms with E-state index in [4.69, 9.17) is 9.15 Å². The Kier molecular flexibility index (Phi) is 4.57. The molecule has 0 aliphatic carbocycles. The number of aryl methyl sites for hydroxylation is 1. The Labute approximate surface area is 109 Å². The lowest BCUT2D eigenvalue weighted by atomic mass is 9.93. The monoisotopic (exact) mass is 253 g/mol. The number of hydrogen-bond acceptors (Lipinski definition) is 3. The van der Waals surface area contributed by atoms with Crippen LogP contribution in [0, 0.1) is 6.92 Å². The summed E-state index contributed by atoms with van der Waals surface area (Å²) in [6.45, 7) is 10.4. The zero-order chi connectivity index (χ0) is 13.9. The van der Waals surface area contributed by atoms with E-state index in [1.54, 1.807) is 7.11 Å². The molecule has 1 atom stereocenters. The lowest BCUT2D eigenvalue weighted by molar-refractivity contribution is 0.0904. The Hall–Kier alpha value is -1.29. The van der Waals surface area contributed by atoms with Crippen LogP contribution in [0.2, 0.25) is 0 Å². The van der Waals surface area contributed by atoms with Gasteiger partial charge in [0.1, 0.15) is 11.5 Å². The molecule has 0 spiro atoms. The smallest absolute Gasteiger partial charge is 0.255 e. The summed E-state index contributed by atoms with van der Waals surface area (Å²) >= 11 is 0. The second-order valence-electron chi connectivity index (χ2n) is 5.66. The highest BCUT2D eigenvalue weighted by atomic mass is 16.5. The Balaban J connectivity index is 2.84. The summed E-state index contributed by atoms with van der Waals surface area (Å²) in [5.74, 6) is 1.36. The highest BCUT2D eigenvalue weighted by Crippen LogP contribution is 2.26. The van der Waals surface area contributed by atoms with Gasteiger partial charge < -0.3 is 14.5 Å². The minimum Gasteiger partial charge on any atom is -0.465 e. The molecule has 1 heterocycles. The lowest BCUT2D eigenvalue weighted by Gasteiger charge is -2.13. The van der Waals surface area contributed by atoms with Gasteiger partial charge in [-0.1, -0.05) is 20.8 Å². The molecule has 0 radical (unpaired) electrons. The molecule has 0 saturated heterocycles. The minimum absolute atomic E-state index is 0.0186. The Morgan fingerprint density at radius 3 is 2.56 bits per heavy atom. The van der Waals surface area contributed by atoms with Crippen LogP contribution in [-0.4, -0.2) is 25.7 Å². The number of amides is 1. The molecular formula is C14H23NO3. The summed E-state index contributed by atoms with van der Waals surface area (Å²) < 4.78 is 10.6. The normalized spacial score (nSPS) is 13.4. The van der Waals surface area contributed by atoms with Gasteiger partial charge in [-0.15, -0.1) is 0 Å². The van der Waals surface area contributed by atoms with E-state index < -0.39 is 0 Å². The molecule has 1 unspecified atom stereocenters. The SMILES string of the molecule is COCC(C)NC(=O)c1cc(C(C)(C)C)oc1C. The van der Waals surface area contributed by atoms with Crippen LogP contribution in [0.25, 0.3) is 0 Å². The fourth-order valence-electron chi connectivity index (χ4n) is 1.67.